The number of fused-ring (bicyclic) bond motifs is 2. The molecule has 35 heavy (non-hydrogen) atoms. The number of nitrogens with zero attached hydrogens (tertiary/aromatic N) is 5. The number of aryl methyl sites for hydroxylation is 1. The van der Waals surface area contributed by atoms with Crippen molar-refractivity contribution in [3.8, 4) is 5.75 Å². The lowest BCUT2D eigenvalue weighted by Gasteiger charge is -2.35. The Hall–Kier alpha value is -3.18. The number of hydrogen-bond acceptors (Lipinski definition) is 7. The molecule has 2 N–H and O–H groups in total. The zero-order valence-corrected chi connectivity index (χ0v) is 20.9. The summed E-state index contributed by atoms with van der Waals surface area (Å²) in [6, 6.07) is 6.53. The summed E-state index contributed by atoms with van der Waals surface area (Å²) in [5.74, 6) is 0.505. The lowest BCUT2D eigenvalue weighted by molar-refractivity contribution is -0.136. The van der Waals surface area contributed by atoms with E-state index in [0.29, 0.717) is 49.6 Å². The van der Waals surface area contributed by atoms with Crippen molar-refractivity contribution in [2.45, 2.75) is 52.0 Å². The smallest absolute Gasteiger partial charge is 0.321 e. The van der Waals surface area contributed by atoms with Crippen molar-refractivity contribution >= 4 is 17.6 Å². The molecule has 0 aliphatic carbocycles. The number of aromatic nitrogens is 3. The van der Waals surface area contributed by atoms with Crippen molar-refractivity contribution < 1.29 is 24.2 Å². The van der Waals surface area contributed by atoms with Crippen molar-refractivity contribution in [3.63, 3.8) is 0 Å². The van der Waals surface area contributed by atoms with Crippen LogP contribution in [0.3, 0.4) is 0 Å². The lowest BCUT2D eigenvalue weighted by atomic mass is 10.0. The van der Waals surface area contributed by atoms with Crippen LogP contribution >= 0.6 is 0 Å². The van der Waals surface area contributed by atoms with Gasteiger partial charge in [-0.25, -0.2) is 4.79 Å². The molecular formula is C24H36N6O5. The van der Waals surface area contributed by atoms with E-state index < -0.39 is 0 Å². The number of methoxy groups -OCH3 is 1. The van der Waals surface area contributed by atoms with E-state index in [2.05, 4.69) is 15.6 Å². The van der Waals surface area contributed by atoms with Gasteiger partial charge in [-0.15, -0.1) is 5.10 Å². The molecular weight excluding hydrogens is 452 g/mol. The van der Waals surface area contributed by atoms with Gasteiger partial charge in [-0.3, -0.25) is 9.48 Å². The van der Waals surface area contributed by atoms with Crippen molar-refractivity contribution in [2.75, 3.05) is 39.2 Å². The van der Waals surface area contributed by atoms with Crippen LogP contribution in [0, 0.1) is 5.92 Å². The monoisotopic (exact) mass is 488 g/mol. The topological polar surface area (TPSA) is 122 Å². The third-order valence-electron chi connectivity index (χ3n) is 6.17. The normalized spacial score (nSPS) is 20.3. The average molecular weight is 489 g/mol. The van der Waals surface area contributed by atoms with Crippen LogP contribution in [-0.2, 0) is 22.7 Å². The molecule has 0 spiro atoms. The van der Waals surface area contributed by atoms with Gasteiger partial charge in [0, 0.05) is 50.8 Å². The van der Waals surface area contributed by atoms with Crippen LogP contribution in [-0.4, -0.2) is 87.8 Å². The first-order chi connectivity index (χ1) is 16.8. The van der Waals surface area contributed by atoms with Crippen LogP contribution in [0.15, 0.2) is 30.5 Å². The van der Waals surface area contributed by atoms with E-state index in [9.17, 15) is 14.7 Å². The Morgan fingerprint density at radius 2 is 2.23 bits per heavy atom. The second-order valence-electron chi connectivity index (χ2n) is 9.02. The summed E-state index contributed by atoms with van der Waals surface area (Å²) in [7, 11) is 3.27. The van der Waals surface area contributed by atoms with Crippen molar-refractivity contribution in [3.05, 3.63) is 36.2 Å². The molecule has 0 radical (unpaired) electrons. The van der Waals surface area contributed by atoms with Crippen molar-refractivity contribution in [1.29, 1.82) is 0 Å². The number of ether oxygens (including phenoxy) is 2. The number of amides is 3. The molecule has 3 rings (SSSR count). The maximum absolute atomic E-state index is 13.0. The van der Waals surface area contributed by atoms with Crippen LogP contribution in [0.5, 0.6) is 5.75 Å². The Kier molecular flexibility index (Phi) is 9.44. The Morgan fingerprint density at radius 1 is 1.43 bits per heavy atom. The second kappa shape index (κ2) is 12.5. The van der Waals surface area contributed by atoms with Gasteiger partial charge >= 0.3 is 6.03 Å². The third kappa shape index (κ3) is 7.40. The molecule has 1 aliphatic heterocycles. The molecule has 2 aromatic rings. The van der Waals surface area contributed by atoms with E-state index in [1.165, 1.54) is 0 Å². The number of anilines is 1. The molecule has 3 amide bonds. The predicted octanol–water partition coefficient (Wildman–Crippen LogP) is 1.98. The van der Waals surface area contributed by atoms with Gasteiger partial charge in [0.2, 0.25) is 5.91 Å². The SMILES string of the molecule is COc1cccc(NC(=O)N(C)C[C@@H]2OCc3cn(nn3)CCCC(=O)N([C@H](C)CO)C[C@H]2C)c1. The minimum absolute atomic E-state index is 0.0270. The van der Waals surface area contributed by atoms with E-state index in [1.807, 2.05) is 20.0 Å². The van der Waals surface area contributed by atoms with Crippen LogP contribution in [0.1, 0.15) is 32.4 Å². The highest BCUT2D eigenvalue weighted by molar-refractivity contribution is 5.89. The van der Waals surface area contributed by atoms with Gasteiger partial charge in [-0.05, 0) is 25.5 Å². The van der Waals surface area contributed by atoms with Gasteiger partial charge in [-0.2, -0.15) is 0 Å². The summed E-state index contributed by atoms with van der Waals surface area (Å²) >= 11 is 0. The predicted molar refractivity (Wildman–Crippen MR) is 130 cm³/mol. The van der Waals surface area contributed by atoms with Gasteiger partial charge in [0.05, 0.1) is 38.7 Å². The first kappa shape index (κ1) is 26.4. The van der Waals surface area contributed by atoms with Crippen LogP contribution < -0.4 is 10.1 Å². The Balaban J connectivity index is 1.75. The number of hydrogen-bond donors (Lipinski definition) is 2. The minimum Gasteiger partial charge on any atom is -0.497 e. The van der Waals surface area contributed by atoms with Gasteiger partial charge < -0.3 is 29.7 Å². The summed E-state index contributed by atoms with van der Waals surface area (Å²) in [4.78, 5) is 29.1. The summed E-state index contributed by atoms with van der Waals surface area (Å²) < 4.78 is 13.1. The maximum atomic E-state index is 13.0. The largest absolute Gasteiger partial charge is 0.497 e. The molecule has 1 aliphatic rings. The standard InChI is InChI=1S/C24H36N6O5/c1-17-12-30(18(2)15-31)23(32)9-6-10-29-13-20(26-27-29)16-35-22(17)14-28(3)24(33)25-19-7-5-8-21(11-19)34-4/h5,7-8,11,13,17-18,22,31H,6,9-10,12,14-16H2,1-4H3,(H,25,33)/t17-,18-,22+/m1/s1. The number of benzene rings is 1. The van der Waals surface area contributed by atoms with Gasteiger partial charge in [-0.1, -0.05) is 18.2 Å². The van der Waals surface area contributed by atoms with Crippen LogP contribution in [0.2, 0.25) is 0 Å². The highest BCUT2D eigenvalue weighted by Gasteiger charge is 2.28. The van der Waals surface area contributed by atoms with E-state index >= 15 is 0 Å². The Labute approximate surface area is 206 Å². The number of carbonyl (C=O) groups is 2. The fourth-order valence-electron chi connectivity index (χ4n) is 3.97. The Morgan fingerprint density at radius 3 is 2.97 bits per heavy atom. The second-order valence-corrected chi connectivity index (χ2v) is 9.02. The molecule has 0 fully saturated rings. The summed E-state index contributed by atoms with van der Waals surface area (Å²) in [6.07, 6.45) is 2.41. The highest BCUT2D eigenvalue weighted by Crippen LogP contribution is 2.19. The molecule has 192 valence electrons. The van der Waals surface area contributed by atoms with E-state index in [4.69, 9.17) is 9.47 Å². The number of urea groups is 1. The third-order valence-corrected chi connectivity index (χ3v) is 6.17. The molecule has 11 nitrogen and oxygen atoms in total. The summed E-state index contributed by atoms with van der Waals surface area (Å²) in [5, 5.41) is 20.9. The van der Waals surface area contributed by atoms with E-state index in [1.54, 1.807) is 52.9 Å². The number of carbonyl (C=O) groups excluding carboxylic acids is 2. The molecule has 0 saturated carbocycles. The zero-order valence-electron chi connectivity index (χ0n) is 20.9. The molecule has 11 heteroatoms. The van der Waals surface area contributed by atoms with E-state index in [-0.39, 0.29) is 43.2 Å². The van der Waals surface area contributed by atoms with Crippen molar-refractivity contribution in [1.82, 2.24) is 24.8 Å². The Bertz CT molecular complexity index is 983. The van der Waals surface area contributed by atoms with Gasteiger partial charge in [0.15, 0.2) is 0 Å². The maximum Gasteiger partial charge on any atom is 0.321 e. The van der Waals surface area contributed by atoms with Gasteiger partial charge in [0.25, 0.3) is 0 Å². The first-order valence-corrected chi connectivity index (χ1v) is 11.9. The average Bonchev–Trinajstić information content (AvgIpc) is 3.31. The summed E-state index contributed by atoms with van der Waals surface area (Å²) in [6.45, 7) is 5.20. The summed E-state index contributed by atoms with van der Waals surface area (Å²) in [5.41, 5.74) is 1.31. The first-order valence-electron chi connectivity index (χ1n) is 11.9. The molecule has 2 bridgehead atoms. The number of likely N-dealkylation sites (N-methyl/N-ethyl adjacent to an activating group) is 1. The van der Waals surface area contributed by atoms with Crippen LogP contribution in [0.25, 0.3) is 0 Å². The fourth-order valence-corrected chi connectivity index (χ4v) is 3.97. The minimum atomic E-state index is -0.386. The van der Waals surface area contributed by atoms with Crippen molar-refractivity contribution in [2.24, 2.45) is 5.92 Å². The quantitative estimate of drug-likeness (QED) is 0.637. The number of rotatable bonds is 6. The number of aliphatic hydroxyl groups excluding tert-OH is 1. The van der Waals surface area contributed by atoms with Crippen LogP contribution in [0.4, 0.5) is 10.5 Å². The number of aliphatic hydroxyl groups is 1. The highest BCUT2D eigenvalue weighted by atomic mass is 16.5. The molecule has 1 aromatic carbocycles. The molecule has 0 saturated heterocycles. The van der Waals surface area contributed by atoms with E-state index in [0.717, 1.165) is 0 Å². The molecule has 2 heterocycles. The fraction of sp³-hybridized carbons (Fsp3) is 0.583. The molecule has 1 aromatic heterocycles. The molecule has 3 atom stereocenters. The lowest BCUT2D eigenvalue weighted by Crippen LogP contribution is -2.48. The van der Waals surface area contributed by atoms with Gasteiger partial charge in [0.1, 0.15) is 11.4 Å². The number of nitrogens with one attached hydrogen (secondary N) is 1. The zero-order chi connectivity index (χ0) is 25.4. The molecule has 0 unspecified atom stereocenters.